The standard InChI is InChI=1S/C15H22N2O4/c1-3-11(2)13(14(18)19)17-15(20)16-9-10-21-12-7-5-4-6-8-12/h4-8,11,13H,3,9-10H2,1-2H3,(H,18,19)(H2,16,17,20)/t11?,13-/m0/s1. The molecule has 1 aromatic carbocycles. The second-order valence-corrected chi connectivity index (χ2v) is 4.76. The summed E-state index contributed by atoms with van der Waals surface area (Å²) in [6.07, 6.45) is 0.675. The van der Waals surface area contributed by atoms with Gasteiger partial charge in [0.15, 0.2) is 0 Å². The number of hydrogen-bond donors (Lipinski definition) is 3. The molecule has 116 valence electrons. The molecule has 0 aliphatic heterocycles. The zero-order valence-corrected chi connectivity index (χ0v) is 12.3. The average Bonchev–Trinajstić information content (AvgIpc) is 2.49. The fourth-order valence-electron chi connectivity index (χ4n) is 1.73. The number of carboxylic acid groups (broad SMARTS) is 1. The molecule has 1 aromatic rings. The van der Waals surface area contributed by atoms with Gasteiger partial charge in [-0.15, -0.1) is 0 Å². The van der Waals surface area contributed by atoms with E-state index in [4.69, 9.17) is 9.84 Å². The van der Waals surface area contributed by atoms with E-state index in [1.807, 2.05) is 37.3 Å². The van der Waals surface area contributed by atoms with Crippen molar-refractivity contribution in [2.45, 2.75) is 26.3 Å². The summed E-state index contributed by atoms with van der Waals surface area (Å²) in [7, 11) is 0. The van der Waals surface area contributed by atoms with E-state index in [0.29, 0.717) is 19.6 Å². The first kappa shape index (κ1) is 16.8. The highest BCUT2D eigenvalue weighted by molar-refractivity contribution is 5.82. The van der Waals surface area contributed by atoms with E-state index < -0.39 is 18.0 Å². The van der Waals surface area contributed by atoms with Crippen LogP contribution in [0.5, 0.6) is 5.75 Å². The molecule has 0 fully saturated rings. The molecule has 2 amide bonds. The topological polar surface area (TPSA) is 87.7 Å². The van der Waals surface area contributed by atoms with Gasteiger partial charge in [-0.05, 0) is 18.1 Å². The Morgan fingerprint density at radius 3 is 2.52 bits per heavy atom. The van der Waals surface area contributed by atoms with Crippen LogP contribution >= 0.6 is 0 Å². The third-order valence-corrected chi connectivity index (χ3v) is 3.17. The molecule has 0 bridgehead atoms. The van der Waals surface area contributed by atoms with Crippen LogP contribution in [-0.4, -0.2) is 36.3 Å². The van der Waals surface area contributed by atoms with Gasteiger partial charge in [-0.25, -0.2) is 9.59 Å². The Kier molecular flexibility index (Phi) is 7.08. The van der Waals surface area contributed by atoms with Crippen molar-refractivity contribution in [2.24, 2.45) is 5.92 Å². The van der Waals surface area contributed by atoms with Crippen LogP contribution in [0.3, 0.4) is 0 Å². The number of urea groups is 1. The molecule has 6 heteroatoms. The minimum absolute atomic E-state index is 0.131. The Bertz CT molecular complexity index is 450. The third-order valence-electron chi connectivity index (χ3n) is 3.17. The number of para-hydroxylation sites is 1. The quantitative estimate of drug-likeness (QED) is 0.639. The zero-order valence-electron chi connectivity index (χ0n) is 12.3. The number of amides is 2. The van der Waals surface area contributed by atoms with Crippen LogP contribution in [0.25, 0.3) is 0 Å². The normalized spacial score (nSPS) is 13.0. The van der Waals surface area contributed by atoms with Crippen LogP contribution in [0.1, 0.15) is 20.3 Å². The van der Waals surface area contributed by atoms with E-state index in [0.717, 1.165) is 5.75 Å². The van der Waals surface area contributed by atoms with Crippen molar-refractivity contribution in [1.82, 2.24) is 10.6 Å². The van der Waals surface area contributed by atoms with Gasteiger partial charge in [0, 0.05) is 0 Å². The largest absolute Gasteiger partial charge is 0.492 e. The number of carbonyl (C=O) groups is 2. The Morgan fingerprint density at radius 2 is 1.95 bits per heavy atom. The van der Waals surface area contributed by atoms with E-state index in [-0.39, 0.29) is 5.92 Å². The summed E-state index contributed by atoms with van der Waals surface area (Å²) in [4.78, 5) is 22.7. The molecular formula is C15H22N2O4. The lowest BCUT2D eigenvalue weighted by Crippen LogP contribution is -2.49. The number of nitrogens with one attached hydrogen (secondary N) is 2. The van der Waals surface area contributed by atoms with E-state index in [1.165, 1.54) is 0 Å². The molecular weight excluding hydrogens is 272 g/mol. The highest BCUT2D eigenvalue weighted by atomic mass is 16.5. The average molecular weight is 294 g/mol. The molecule has 0 radical (unpaired) electrons. The number of carbonyl (C=O) groups excluding carboxylic acids is 1. The molecule has 0 aliphatic rings. The first-order chi connectivity index (χ1) is 10.0. The SMILES string of the molecule is CCC(C)[C@H](NC(=O)NCCOc1ccccc1)C(=O)O. The summed E-state index contributed by atoms with van der Waals surface area (Å²) in [5.74, 6) is -0.434. The minimum Gasteiger partial charge on any atom is -0.492 e. The van der Waals surface area contributed by atoms with E-state index in [2.05, 4.69) is 10.6 Å². The predicted molar refractivity (Wildman–Crippen MR) is 79.4 cm³/mol. The van der Waals surface area contributed by atoms with Crippen molar-refractivity contribution in [1.29, 1.82) is 0 Å². The molecule has 0 heterocycles. The summed E-state index contributed by atoms with van der Waals surface area (Å²) in [6.45, 7) is 4.29. The molecule has 0 saturated carbocycles. The van der Waals surface area contributed by atoms with Gasteiger partial charge in [-0.3, -0.25) is 0 Å². The van der Waals surface area contributed by atoms with Crippen molar-refractivity contribution < 1.29 is 19.4 Å². The molecule has 2 atom stereocenters. The minimum atomic E-state index is -1.03. The van der Waals surface area contributed by atoms with Gasteiger partial charge in [0.1, 0.15) is 18.4 Å². The zero-order chi connectivity index (χ0) is 15.7. The Morgan fingerprint density at radius 1 is 1.29 bits per heavy atom. The maximum Gasteiger partial charge on any atom is 0.326 e. The summed E-state index contributed by atoms with van der Waals surface area (Å²) < 4.78 is 5.42. The summed E-state index contributed by atoms with van der Waals surface area (Å²) in [6, 6.07) is 7.87. The van der Waals surface area contributed by atoms with Crippen LogP contribution in [0.2, 0.25) is 0 Å². The lowest BCUT2D eigenvalue weighted by Gasteiger charge is -2.20. The van der Waals surface area contributed by atoms with Gasteiger partial charge in [0.2, 0.25) is 0 Å². The molecule has 3 N–H and O–H groups in total. The smallest absolute Gasteiger partial charge is 0.326 e. The number of rotatable bonds is 8. The molecule has 1 rings (SSSR count). The van der Waals surface area contributed by atoms with Gasteiger partial charge in [-0.2, -0.15) is 0 Å². The van der Waals surface area contributed by atoms with Gasteiger partial charge < -0.3 is 20.5 Å². The third kappa shape index (κ3) is 6.16. The van der Waals surface area contributed by atoms with Crippen LogP contribution < -0.4 is 15.4 Å². The number of carboxylic acids is 1. The first-order valence-electron chi connectivity index (χ1n) is 6.99. The molecule has 21 heavy (non-hydrogen) atoms. The summed E-state index contributed by atoms with van der Waals surface area (Å²) >= 11 is 0. The lowest BCUT2D eigenvalue weighted by atomic mass is 9.99. The lowest BCUT2D eigenvalue weighted by molar-refractivity contribution is -0.140. The van der Waals surface area contributed by atoms with Crippen molar-refractivity contribution in [3.8, 4) is 5.75 Å². The van der Waals surface area contributed by atoms with Crippen molar-refractivity contribution >= 4 is 12.0 Å². The highest BCUT2D eigenvalue weighted by Gasteiger charge is 2.24. The van der Waals surface area contributed by atoms with Crippen molar-refractivity contribution in [2.75, 3.05) is 13.2 Å². The fraction of sp³-hybridized carbons (Fsp3) is 0.467. The number of aliphatic carboxylic acids is 1. The first-order valence-corrected chi connectivity index (χ1v) is 6.99. The van der Waals surface area contributed by atoms with E-state index >= 15 is 0 Å². The van der Waals surface area contributed by atoms with Gasteiger partial charge in [0.05, 0.1) is 6.54 Å². The second-order valence-electron chi connectivity index (χ2n) is 4.76. The Balaban J connectivity index is 2.28. The number of benzene rings is 1. The van der Waals surface area contributed by atoms with Crippen LogP contribution in [0, 0.1) is 5.92 Å². The van der Waals surface area contributed by atoms with Gasteiger partial charge in [0.25, 0.3) is 0 Å². The van der Waals surface area contributed by atoms with Crippen LogP contribution in [0.4, 0.5) is 4.79 Å². The van der Waals surface area contributed by atoms with Crippen LogP contribution in [-0.2, 0) is 4.79 Å². The van der Waals surface area contributed by atoms with Crippen LogP contribution in [0.15, 0.2) is 30.3 Å². The predicted octanol–water partition coefficient (Wildman–Crippen LogP) is 1.86. The molecule has 0 spiro atoms. The number of hydrogen-bond acceptors (Lipinski definition) is 3. The van der Waals surface area contributed by atoms with E-state index in [9.17, 15) is 9.59 Å². The van der Waals surface area contributed by atoms with E-state index in [1.54, 1.807) is 6.92 Å². The second kappa shape index (κ2) is 8.84. The molecule has 0 aromatic heterocycles. The molecule has 1 unspecified atom stereocenters. The van der Waals surface area contributed by atoms with Gasteiger partial charge in [-0.1, -0.05) is 38.5 Å². The Hall–Kier alpha value is -2.24. The molecule has 6 nitrogen and oxygen atoms in total. The summed E-state index contributed by atoms with van der Waals surface area (Å²) in [5.41, 5.74) is 0. The Labute approximate surface area is 124 Å². The fourth-order valence-corrected chi connectivity index (χ4v) is 1.73. The molecule has 0 aliphatic carbocycles. The monoisotopic (exact) mass is 294 g/mol. The van der Waals surface area contributed by atoms with Crippen molar-refractivity contribution in [3.63, 3.8) is 0 Å². The van der Waals surface area contributed by atoms with Gasteiger partial charge >= 0.3 is 12.0 Å². The summed E-state index contributed by atoms with van der Waals surface area (Å²) in [5, 5.41) is 14.1. The maximum absolute atomic E-state index is 11.6. The maximum atomic E-state index is 11.6. The molecule has 0 saturated heterocycles. The van der Waals surface area contributed by atoms with Crippen molar-refractivity contribution in [3.05, 3.63) is 30.3 Å². The number of ether oxygens (including phenoxy) is 1. The highest BCUT2D eigenvalue weighted by Crippen LogP contribution is 2.08.